The molecule has 0 nitrogen and oxygen atoms in total. The van der Waals surface area contributed by atoms with Gasteiger partial charge in [0.05, 0.1) is 0 Å². The summed E-state index contributed by atoms with van der Waals surface area (Å²) in [5, 5.41) is 0. The molecule has 0 unspecified atom stereocenters. The van der Waals surface area contributed by atoms with Gasteiger partial charge in [0.25, 0.3) is 0 Å². The highest BCUT2D eigenvalue weighted by molar-refractivity contribution is 5.51. The van der Waals surface area contributed by atoms with Crippen LogP contribution in [-0.4, -0.2) is 119 Å². The Kier molecular flexibility index (Phi) is 17.1. The van der Waals surface area contributed by atoms with Crippen molar-refractivity contribution < 1.29 is 228 Å². The van der Waals surface area contributed by atoms with E-state index in [1.807, 2.05) is 0 Å². The Morgan fingerprint density at radius 3 is 0.293 bits per heavy atom. The zero-order chi connectivity index (χ0) is 67.7. The van der Waals surface area contributed by atoms with Gasteiger partial charge in [0, 0.05) is 22.3 Å². The third-order valence-electron chi connectivity index (χ3n) is 10.2. The van der Waals surface area contributed by atoms with Crippen LogP contribution in [0.3, 0.4) is 0 Å². The van der Waals surface area contributed by atoms with Crippen LogP contribution in [0.25, 0.3) is 0 Å². The van der Waals surface area contributed by atoms with E-state index in [4.69, 9.17) is 0 Å². The van der Waals surface area contributed by atoms with Crippen molar-refractivity contribution in [3.05, 3.63) is 34.4 Å². The van der Waals surface area contributed by atoms with Crippen LogP contribution in [0.15, 0.2) is 12.1 Å². The molecule has 0 bridgehead atoms. The van der Waals surface area contributed by atoms with Crippen LogP contribution in [0.5, 0.6) is 0 Å². The molecule has 1 aromatic rings. The van der Waals surface area contributed by atoms with Crippen LogP contribution in [0.2, 0.25) is 0 Å². The van der Waals surface area contributed by atoms with Crippen LogP contribution in [-0.2, 0) is 23.7 Å². The first-order valence-corrected chi connectivity index (χ1v) is 17.5. The van der Waals surface area contributed by atoms with E-state index in [0.29, 0.717) is 0 Å². The van der Waals surface area contributed by atoms with Crippen molar-refractivity contribution in [1.29, 1.82) is 0 Å². The van der Waals surface area contributed by atoms with E-state index in [0.717, 1.165) is 0 Å². The van der Waals surface area contributed by atoms with Gasteiger partial charge in [0.15, 0.2) is 0 Å². The molecule has 0 N–H and O–H groups in total. The number of rotatable bonds is 20. The van der Waals surface area contributed by atoms with E-state index < -0.39 is 178 Å². The van der Waals surface area contributed by atoms with E-state index in [1.165, 1.54) is 0 Å². The number of benzene rings is 1. The number of alkyl halides is 52. The van der Waals surface area contributed by atoms with Crippen molar-refractivity contribution in [2.45, 2.75) is 143 Å². The first-order chi connectivity index (χ1) is 34.5. The minimum atomic E-state index is -10.5. The van der Waals surface area contributed by atoms with Crippen LogP contribution >= 0.6 is 0 Å². The van der Waals surface area contributed by atoms with Gasteiger partial charge in [-0.15, -0.1) is 0 Å². The van der Waals surface area contributed by atoms with Crippen molar-refractivity contribution >= 4 is 0 Å². The fourth-order valence-corrected chi connectivity index (χ4v) is 5.39. The fourth-order valence-electron chi connectivity index (χ4n) is 5.39. The first-order valence-electron chi connectivity index (χ1n) is 17.5. The Hall–Kier alpha value is -4.42. The molecular weight excluding hydrogens is 1350 g/mol. The molecule has 1 aromatic carbocycles. The average Bonchev–Trinajstić information content (AvgIpc) is 3.22. The van der Waals surface area contributed by atoms with Gasteiger partial charge in [0.1, 0.15) is 0 Å². The summed E-state index contributed by atoms with van der Waals surface area (Å²) < 4.78 is 731. The molecule has 0 radical (unpaired) electrons. The minimum absolute atomic E-state index is 4.66. The molecule has 0 amide bonds. The van der Waals surface area contributed by atoms with Crippen molar-refractivity contribution in [1.82, 2.24) is 0 Å². The molecule has 0 fully saturated rings. The maximum absolute atomic E-state index is 15.6. The quantitative estimate of drug-likeness (QED) is 0.114. The molecule has 82 heavy (non-hydrogen) atoms. The summed E-state index contributed by atoms with van der Waals surface area (Å²) in [7, 11) is 0. The zero-order valence-electron chi connectivity index (χ0n) is 34.8. The molecule has 0 saturated carbocycles. The zero-order valence-corrected chi connectivity index (χ0v) is 34.8. The molecule has 0 aliphatic carbocycles. The monoisotopic (exact) mass is 1350 g/mol. The Balaban J connectivity index is 5.76. The van der Waals surface area contributed by atoms with Gasteiger partial charge in [-0.1, -0.05) is 0 Å². The van der Waals surface area contributed by atoms with Crippen LogP contribution in [0.1, 0.15) is 22.3 Å². The average molecular weight is 1350 g/mol. The maximum atomic E-state index is 15.6. The normalized spacial score (nSPS) is 17.0. The predicted octanol–water partition coefficient (Wildman–Crippen LogP) is 18.5. The third-order valence-corrected chi connectivity index (χ3v) is 10.2. The minimum Gasteiger partial charge on any atom is -0.194 e. The van der Waals surface area contributed by atoms with E-state index in [-0.39, 0.29) is 0 Å². The molecule has 52 heteroatoms. The summed E-state index contributed by atoms with van der Waals surface area (Å²) in [5.41, 5.74) is -27.4. The Morgan fingerprint density at radius 2 is 0.207 bits per heavy atom. The molecule has 0 aliphatic heterocycles. The van der Waals surface area contributed by atoms with Gasteiger partial charge in [0.2, 0.25) is 0 Å². The Labute approximate surface area is 407 Å². The summed E-state index contributed by atoms with van der Waals surface area (Å²) in [6.45, 7) is 0. The molecule has 0 heterocycles. The second-order valence-corrected chi connectivity index (χ2v) is 15.4. The van der Waals surface area contributed by atoms with Gasteiger partial charge >= 0.3 is 143 Å². The molecule has 0 spiro atoms. The molecule has 0 atom stereocenters. The van der Waals surface area contributed by atoms with E-state index >= 15 is 35.1 Å². The summed E-state index contributed by atoms with van der Waals surface area (Å²) in [6.07, 6.45) is -35.6. The molecule has 0 saturated heterocycles. The summed E-state index contributed by atoms with van der Waals surface area (Å²) in [5.74, 6) is -202. The van der Waals surface area contributed by atoms with Crippen molar-refractivity contribution in [3.8, 4) is 0 Å². The maximum Gasteiger partial charge on any atom is 0.460 e. The highest BCUT2D eigenvalue weighted by Crippen LogP contribution is 2.70. The second kappa shape index (κ2) is 18.5. The Bertz CT molecular complexity index is 2150. The largest absolute Gasteiger partial charge is 0.460 e. The lowest BCUT2D eigenvalue weighted by Gasteiger charge is -2.44. The topological polar surface area (TPSA) is 0 Å². The summed E-state index contributed by atoms with van der Waals surface area (Å²) >= 11 is 0. The van der Waals surface area contributed by atoms with Gasteiger partial charge < -0.3 is 0 Å². The standard InChI is InChI=1S/C30H2F52/c31-7(32,11(39,40)15(47,48)19(55,56)23(63,64)27(71,72)73)3-1-4(8(33,34)12(41,42)16(49,50)20(57,58)24(65,66)28(74,75)76)6(10(37,38)14(45,46)18(53,54)22(61,62)26(69,70)30(80,81)82)2-5(3)9(35,36)13(43,44)17(51,52)21(59,60)25(67,68)29(77,78)79/h1-2H. The van der Waals surface area contributed by atoms with E-state index in [1.54, 1.807) is 0 Å². The van der Waals surface area contributed by atoms with Gasteiger partial charge in [-0.25, -0.2) is 0 Å². The van der Waals surface area contributed by atoms with Crippen LogP contribution in [0.4, 0.5) is 228 Å². The fraction of sp³-hybridized carbons (Fsp3) is 0.800. The van der Waals surface area contributed by atoms with Crippen molar-refractivity contribution in [2.75, 3.05) is 0 Å². The van der Waals surface area contributed by atoms with E-state index in [9.17, 15) is 193 Å². The molecule has 0 aromatic heterocycles. The molecular formula is C30H2F52. The highest BCUT2D eigenvalue weighted by Gasteiger charge is 2.96. The summed E-state index contributed by atoms with van der Waals surface area (Å²) in [6, 6.07) is -9.32. The Morgan fingerprint density at radius 1 is 0.122 bits per heavy atom. The lowest BCUT2D eigenvalue weighted by molar-refractivity contribution is -0.445. The predicted molar refractivity (Wildman–Crippen MR) is 145 cm³/mol. The number of halogens is 52. The van der Waals surface area contributed by atoms with Gasteiger partial charge in [-0.2, -0.15) is 228 Å². The van der Waals surface area contributed by atoms with E-state index in [2.05, 4.69) is 0 Å². The first kappa shape index (κ1) is 75.6. The highest BCUT2D eigenvalue weighted by atomic mass is 19.5. The van der Waals surface area contributed by atoms with Crippen LogP contribution < -0.4 is 0 Å². The smallest absolute Gasteiger partial charge is 0.194 e. The van der Waals surface area contributed by atoms with Gasteiger partial charge in [-0.3, -0.25) is 0 Å². The number of hydrogen-bond donors (Lipinski definition) is 0. The molecule has 1 rings (SSSR count). The van der Waals surface area contributed by atoms with Crippen molar-refractivity contribution in [2.24, 2.45) is 0 Å². The molecule has 0 aliphatic rings. The molecule has 486 valence electrons. The van der Waals surface area contributed by atoms with Crippen molar-refractivity contribution in [3.63, 3.8) is 0 Å². The second-order valence-electron chi connectivity index (χ2n) is 15.4. The van der Waals surface area contributed by atoms with Crippen LogP contribution in [0, 0.1) is 0 Å². The van der Waals surface area contributed by atoms with Gasteiger partial charge in [-0.05, 0) is 12.1 Å². The third kappa shape index (κ3) is 9.05. The lowest BCUT2D eigenvalue weighted by Crippen LogP contribution is -2.71. The number of hydrogen-bond acceptors (Lipinski definition) is 0. The lowest BCUT2D eigenvalue weighted by atomic mass is 9.78. The SMILES string of the molecule is FC(F)(F)C(F)(F)C(F)(F)C(F)(F)C(F)(F)C(F)(F)c1cc(C(F)(F)C(F)(F)C(F)(F)C(F)(F)C(F)(F)C(F)(F)F)c(C(F)(F)C(F)(F)C(F)(F)C(F)(F)C(F)(F)C(F)(F)F)cc1C(F)(F)C(F)(F)C(F)(F)C(F)(F)C(F)(F)C(F)(F)F. The summed E-state index contributed by atoms with van der Waals surface area (Å²) in [4.78, 5) is 0.